The molecule has 1 fully saturated rings. The fourth-order valence-corrected chi connectivity index (χ4v) is 4.61. The van der Waals surface area contributed by atoms with Crippen molar-refractivity contribution in [1.82, 2.24) is 4.90 Å². The van der Waals surface area contributed by atoms with Crippen LogP contribution in [0.4, 0.5) is 0 Å². The van der Waals surface area contributed by atoms with Crippen molar-refractivity contribution < 1.29 is 4.79 Å². The second-order valence-corrected chi connectivity index (χ2v) is 8.60. The summed E-state index contributed by atoms with van der Waals surface area (Å²) in [4.78, 5) is 18.9. The summed E-state index contributed by atoms with van der Waals surface area (Å²) in [7, 11) is 0. The van der Waals surface area contributed by atoms with Crippen molar-refractivity contribution >= 4 is 33.8 Å². The number of likely N-dealkylation sites (tertiary alicyclic amines) is 1. The summed E-state index contributed by atoms with van der Waals surface area (Å²) in [5, 5.41) is 0.102. The number of rotatable bonds is 2. The lowest BCUT2D eigenvalue weighted by atomic mass is 9.94. The summed E-state index contributed by atoms with van der Waals surface area (Å²) in [5.74, 6) is 1.39. The van der Waals surface area contributed by atoms with Gasteiger partial charge in [0.15, 0.2) is 0 Å². The van der Waals surface area contributed by atoms with Crippen LogP contribution < -0.4 is 0 Å². The average molecular weight is 286 g/mol. The Morgan fingerprint density at radius 3 is 2.89 bits per heavy atom. The number of thioether (sulfide) groups is 2. The van der Waals surface area contributed by atoms with Gasteiger partial charge in [0.25, 0.3) is 0 Å². The first-order chi connectivity index (χ1) is 8.46. The summed E-state index contributed by atoms with van der Waals surface area (Å²) in [6.45, 7) is 9.27. The van der Waals surface area contributed by atoms with Gasteiger partial charge in [0, 0.05) is 18.8 Å². The molecule has 1 saturated heterocycles. The van der Waals surface area contributed by atoms with E-state index in [1.54, 1.807) is 23.5 Å². The Kier molecular flexibility index (Phi) is 4.64. The monoisotopic (exact) mass is 286 g/mol. The maximum atomic E-state index is 12.4. The molecular weight excluding hydrogens is 264 g/mol. The number of aliphatic imine (C=N–C) groups is 1. The van der Waals surface area contributed by atoms with E-state index in [1.807, 2.05) is 4.90 Å². The minimum Gasteiger partial charge on any atom is -0.341 e. The van der Waals surface area contributed by atoms with Crippen LogP contribution in [0.5, 0.6) is 0 Å². The molecule has 2 rings (SSSR count). The van der Waals surface area contributed by atoms with Gasteiger partial charge in [-0.1, -0.05) is 44.3 Å². The molecule has 0 spiro atoms. The van der Waals surface area contributed by atoms with Crippen LogP contribution >= 0.6 is 23.5 Å². The Bertz CT molecular complexity index is 349. The lowest BCUT2D eigenvalue weighted by Crippen LogP contribution is -2.46. The van der Waals surface area contributed by atoms with Crippen LogP contribution in [0.15, 0.2) is 4.99 Å². The molecule has 3 nitrogen and oxygen atoms in total. The van der Waals surface area contributed by atoms with E-state index in [0.717, 1.165) is 42.6 Å². The van der Waals surface area contributed by atoms with Crippen molar-refractivity contribution in [3.63, 3.8) is 0 Å². The smallest absolute Gasteiger partial charge is 0.236 e. The molecule has 0 aromatic rings. The first-order valence-electron chi connectivity index (χ1n) is 6.58. The van der Waals surface area contributed by atoms with Crippen LogP contribution in [-0.4, -0.2) is 45.8 Å². The van der Waals surface area contributed by atoms with Crippen LogP contribution in [0.25, 0.3) is 0 Å². The van der Waals surface area contributed by atoms with Crippen LogP contribution in [0.3, 0.4) is 0 Å². The Hall–Kier alpha value is -0.160. The molecule has 0 unspecified atom stereocenters. The van der Waals surface area contributed by atoms with E-state index >= 15 is 0 Å². The second-order valence-electron chi connectivity index (χ2n) is 6.07. The van der Waals surface area contributed by atoms with Crippen molar-refractivity contribution in [3.8, 4) is 0 Å². The Morgan fingerprint density at radius 2 is 2.28 bits per heavy atom. The van der Waals surface area contributed by atoms with Crippen LogP contribution in [0.2, 0.25) is 0 Å². The lowest BCUT2D eigenvalue weighted by Gasteiger charge is -2.36. The third-order valence-electron chi connectivity index (χ3n) is 2.95. The van der Waals surface area contributed by atoms with Gasteiger partial charge in [0.2, 0.25) is 5.91 Å². The molecule has 18 heavy (non-hydrogen) atoms. The highest BCUT2D eigenvalue weighted by Crippen LogP contribution is 2.32. The number of amides is 1. The molecule has 1 amide bonds. The first kappa shape index (κ1) is 14.3. The second kappa shape index (κ2) is 5.87. The summed E-state index contributed by atoms with van der Waals surface area (Å²) < 4.78 is 1.12. The molecule has 1 atom stereocenters. The number of carbonyl (C=O) groups is 1. The molecule has 0 N–H and O–H groups in total. The predicted octanol–water partition coefficient (Wildman–Crippen LogP) is 2.86. The molecule has 5 heteroatoms. The molecule has 0 aliphatic carbocycles. The lowest BCUT2D eigenvalue weighted by molar-refractivity contribution is -0.133. The summed E-state index contributed by atoms with van der Waals surface area (Å²) >= 11 is 3.48. The van der Waals surface area contributed by atoms with Gasteiger partial charge in [0.1, 0.15) is 4.38 Å². The SMILES string of the molecule is CC(C)(C)CN1CCC[C@H](SC2=NCCS2)C1=O. The van der Waals surface area contributed by atoms with E-state index in [-0.39, 0.29) is 10.7 Å². The largest absolute Gasteiger partial charge is 0.341 e. The van der Waals surface area contributed by atoms with E-state index in [9.17, 15) is 4.79 Å². The third-order valence-corrected chi connectivity index (χ3v) is 5.41. The van der Waals surface area contributed by atoms with E-state index < -0.39 is 0 Å². The van der Waals surface area contributed by atoms with Gasteiger partial charge < -0.3 is 4.90 Å². The van der Waals surface area contributed by atoms with Gasteiger partial charge in [-0.3, -0.25) is 9.79 Å². The number of hydrogen-bond acceptors (Lipinski definition) is 4. The Balaban J connectivity index is 1.93. The molecule has 0 radical (unpaired) electrons. The zero-order chi connectivity index (χ0) is 13.2. The predicted molar refractivity (Wildman–Crippen MR) is 81.4 cm³/mol. The minimum absolute atomic E-state index is 0.102. The average Bonchev–Trinajstić information content (AvgIpc) is 2.75. The summed E-state index contributed by atoms with van der Waals surface area (Å²) in [5.41, 5.74) is 0.182. The van der Waals surface area contributed by atoms with Crippen molar-refractivity contribution in [2.45, 2.75) is 38.9 Å². The maximum Gasteiger partial charge on any atom is 0.236 e. The maximum absolute atomic E-state index is 12.4. The van der Waals surface area contributed by atoms with Gasteiger partial charge in [0.05, 0.1) is 11.8 Å². The zero-order valence-electron chi connectivity index (χ0n) is 11.4. The topological polar surface area (TPSA) is 32.7 Å². The third kappa shape index (κ3) is 3.92. The van der Waals surface area contributed by atoms with Gasteiger partial charge >= 0.3 is 0 Å². The molecule has 2 heterocycles. The van der Waals surface area contributed by atoms with Gasteiger partial charge in [-0.25, -0.2) is 0 Å². The standard InChI is InChI=1S/C13H22N2OS2/c1-13(2,3)9-15-7-4-5-10(11(15)16)18-12-14-6-8-17-12/h10H,4-9H2,1-3H3/t10-/m0/s1. The Morgan fingerprint density at radius 1 is 1.50 bits per heavy atom. The van der Waals surface area contributed by atoms with E-state index in [4.69, 9.17) is 0 Å². The molecule has 2 aliphatic heterocycles. The van der Waals surface area contributed by atoms with Crippen LogP contribution in [0.1, 0.15) is 33.6 Å². The highest BCUT2D eigenvalue weighted by molar-refractivity contribution is 8.39. The molecule has 0 aromatic carbocycles. The van der Waals surface area contributed by atoms with Crippen molar-refractivity contribution in [2.75, 3.05) is 25.4 Å². The highest BCUT2D eigenvalue weighted by Gasteiger charge is 2.32. The van der Waals surface area contributed by atoms with Crippen molar-refractivity contribution in [2.24, 2.45) is 10.4 Å². The fraction of sp³-hybridized carbons (Fsp3) is 0.846. The molecule has 2 aliphatic rings. The fourth-order valence-electron chi connectivity index (χ4n) is 2.25. The van der Waals surface area contributed by atoms with Crippen molar-refractivity contribution in [1.29, 1.82) is 0 Å². The number of carbonyl (C=O) groups excluding carboxylic acids is 1. The van der Waals surface area contributed by atoms with Gasteiger partial charge in [-0.2, -0.15) is 0 Å². The molecule has 102 valence electrons. The van der Waals surface area contributed by atoms with Gasteiger partial charge in [-0.15, -0.1) is 0 Å². The summed E-state index contributed by atoms with van der Waals surface area (Å²) in [6.07, 6.45) is 2.13. The van der Waals surface area contributed by atoms with Crippen LogP contribution in [-0.2, 0) is 4.79 Å². The number of piperidine rings is 1. The van der Waals surface area contributed by atoms with E-state index in [1.165, 1.54) is 0 Å². The zero-order valence-corrected chi connectivity index (χ0v) is 13.1. The number of hydrogen-bond donors (Lipinski definition) is 0. The normalized spacial score (nSPS) is 25.5. The van der Waals surface area contributed by atoms with Crippen molar-refractivity contribution in [3.05, 3.63) is 0 Å². The molecule has 0 saturated carbocycles. The molecule has 0 bridgehead atoms. The quantitative estimate of drug-likeness (QED) is 0.782. The first-order valence-corrected chi connectivity index (χ1v) is 8.45. The molecular formula is C13H22N2OS2. The van der Waals surface area contributed by atoms with Crippen LogP contribution in [0, 0.1) is 5.41 Å². The van der Waals surface area contributed by atoms with Gasteiger partial charge in [-0.05, 0) is 18.3 Å². The van der Waals surface area contributed by atoms with E-state index in [2.05, 4.69) is 25.8 Å². The minimum atomic E-state index is 0.102. The summed E-state index contributed by atoms with van der Waals surface area (Å²) in [6, 6.07) is 0. The Labute approximate surface area is 118 Å². The molecule has 0 aromatic heterocycles. The van der Waals surface area contributed by atoms with E-state index in [0.29, 0.717) is 5.91 Å². The number of nitrogens with zero attached hydrogens (tertiary/aromatic N) is 2. The highest BCUT2D eigenvalue weighted by atomic mass is 32.2.